The summed E-state index contributed by atoms with van der Waals surface area (Å²) in [6, 6.07) is 7.41. The van der Waals surface area contributed by atoms with Crippen LogP contribution in [-0.2, 0) is 9.59 Å². The van der Waals surface area contributed by atoms with Crippen LogP contribution in [-0.4, -0.2) is 44.5 Å². The Hall–Kier alpha value is -2.38. The van der Waals surface area contributed by atoms with E-state index in [0.717, 1.165) is 11.1 Å². The summed E-state index contributed by atoms with van der Waals surface area (Å²) < 4.78 is 5.21. The molecule has 0 radical (unpaired) electrons. The van der Waals surface area contributed by atoms with E-state index < -0.39 is 11.8 Å². The fourth-order valence-electron chi connectivity index (χ4n) is 2.43. The summed E-state index contributed by atoms with van der Waals surface area (Å²) in [5, 5.41) is 9.32. The summed E-state index contributed by atoms with van der Waals surface area (Å²) in [5.74, 6) is -0.881. The zero-order valence-electron chi connectivity index (χ0n) is 14.8. The Morgan fingerprint density at radius 2 is 2.00 bits per heavy atom. The monoisotopic (exact) mass is 361 g/mol. The van der Waals surface area contributed by atoms with Gasteiger partial charge < -0.3 is 20.3 Å². The molecule has 2 aromatic rings. The lowest BCUT2D eigenvalue weighted by Gasteiger charge is -2.23. The number of nitrogens with zero attached hydrogens (tertiary/aromatic N) is 1. The van der Waals surface area contributed by atoms with Crippen LogP contribution in [0, 0.1) is 6.92 Å². The van der Waals surface area contributed by atoms with Gasteiger partial charge in [0.05, 0.1) is 18.8 Å². The second-order valence-corrected chi connectivity index (χ2v) is 6.68. The Labute approximate surface area is 151 Å². The molecule has 0 saturated heterocycles. The standard InChI is InChI=1S/C18H23N3O3S/c1-12-5-6-16(24-4)14(9-12)20-18(23)17(22)19-10-15(21(2)3)13-7-8-25-11-13/h5-9,11,15H,10H2,1-4H3,(H,19,22)(H,20,23)/t15-/m0/s1. The van der Waals surface area contributed by atoms with Gasteiger partial charge in [-0.05, 0) is 61.1 Å². The van der Waals surface area contributed by atoms with Crippen LogP contribution in [0.15, 0.2) is 35.0 Å². The van der Waals surface area contributed by atoms with Crippen LogP contribution in [0.5, 0.6) is 5.75 Å². The molecule has 25 heavy (non-hydrogen) atoms. The SMILES string of the molecule is COc1ccc(C)cc1NC(=O)C(=O)NC[C@@H](c1ccsc1)N(C)C. The molecular formula is C18H23N3O3S. The van der Waals surface area contributed by atoms with Crippen LogP contribution in [0.25, 0.3) is 0 Å². The summed E-state index contributed by atoms with van der Waals surface area (Å²) >= 11 is 1.60. The molecule has 0 saturated carbocycles. The largest absolute Gasteiger partial charge is 0.495 e. The predicted octanol–water partition coefficient (Wildman–Crippen LogP) is 2.42. The van der Waals surface area contributed by atoms with Gasteiger partial charge in [-0.2, -0.15) is 11.3 Å². The fourth-order valence-corrected chi connectivity index (χ4v) is 3.14. The Morgan fingerprint density at radius 3 is 2.60 bits per heavy atom. The number of thiophene rings is 1. The van der Waals surface area contributed by atoms with E-state index in [1.807, 2.05) is 48.8 Å². The molecule has 134 valence electrons. The summed E-state index contributed by atoms with van der Waals surface area (Å²) in [5.41, 5.74) is 2.54. The minimum Gasteiger partial charge on any atom is -0.495 e. The van der Waals surface area contributed by atoms with Crippen molar-refractivity contribution in [2.75, 3.05) is 33.1 Å². The smallest absolute Gasteiger partial charge is 0.313 e. The average Bonchev–Trinajstić information content (AvgIpc) is 3.09. The number of carbonyl (C=O) groups is 2. The highest BCUT2D eigenvalue weighted by atomic mass is 32.1. The van der Waals surface area contributed by atoms with Crippen molar-refractivity contribution < 1.29 is 14.3 Å². The number of hydrogen-bond donors (Lipinski definition) is 2. The van der Waals surface area contributed by atoms with Gasteiger partial charge in [0.25, 0.3) is 0 Å². The molecule has 2 amide bonds. The van der Waals surface area contributed by atoms with Gasteiger partial charge in [0.2, 0.25) is 0 Å². The van der Waals surface area contributed by atoms with Gasteiger partial charge >= 0.3 is 11.8 Å². The van der Waals surface area contributed by atoms with E-state index in [0.29, 0.717) is 18.0 Å². The van der Waals surface area contributed by atoms with Gasteiger partial charge in [-0.25, -0.2) is 0 Å². The molecule has 0 fully saturated rings. The van der Waals surface area contributed by atoms with Gasteiger partial charge in [-0.1, -0.05) is 6.07 Å². The molecule has 0 spiro atoms. The van der Waals surface area contributed by atoms with Crippen molar-refractivity contribution in [2.45, 2.75) is 13.0 Å². The molecule has 2 rings (SSSR count). The number of aryl methyl sites for hydroxylation is 1. The van der Waals surface area contributed by atoms with Gasteiger partial charge in [0.1, 0.15) is 5.75 Å². The number of benzene rings is 1. The number of ether oxygens (including phenoxy) is 1. The van der Waals surface area contributed by atoms with Crippen molar-refractivity contribution in [3.63, 3.8) is 0 Å². The molecule has 1 heterocycles. The van der Waals surface area contributed by atoms with Crippen molar-refractivity contribution in [1.82, 2.24) is 10.2 Å². The number of amides is 2. The Balaban J connectivity index is 1.98. The first kappa shape index (κ1) is 19.0. The van der Waals surface area contributed by atoms with E-state index in [4.69, 9.17) is 4.74 Å². The molecule has 2 N–H and O–H groups in total. The third-order valence-corrected chi connectivity index (χ3v) is 4.52. The van der Waals surface area contributed by atoms with Crippen molar-refractivity contribution in [3.05, 3.63) is 46.2 Å². The minimum absolute atomic E-state index is 0.0107. The summed E-state index contributed by atoms with van der Waals surface area (Å²) in [7, 11) is 5.39. The molecule has 0 aliphatic carbocycles. The molecule has 0 aliphatic heterocycles. The molecular weight excluding hydrogens is 338 g/mol. The van der Waals surface area contributed by atoms with Gasteiger partial charge in [-0.15, -0.1) is 0 Å². The predicted molar refractivity (Wildman–Crippen MR) is 100 cm³/mol. The second kappa shape index (κ2) is 8.64. The van der Waals surface area contributed by atoms with Crippen molar-refractivity contribution in [1.29, 1.82) is 0 Å². The van der Waals surface area contributed by atoms with E-state index in [9.17, 15) is 9.59 Å². The molecule has 1 atom stereocenters. The Kier molecular flexibility index (Phi) is 6.55. The number of carbonyl (C=O) groups excluding carboxylic acids is 2. The lowest BCUT2D eigenvalue weighted by Crippen LogP contribution is -2.40. The summed E-state index contributed by atoms with van der Waals surface area (Å²) in [6.07, 6.45) is 0. The zero-order chi connectivity index (χ0) is 18.4. The highest BCUT2D eigenvalue weighted by Gasteiger charge is 2.20. The molecule has 0 bridgehead atoms. The maximum absolute atomic E-state index is 12.2. The second-order valence-electron chi connectivity index (χ2n) is 5.90. The average molecular weight is 361 g/mol. The number of rotatable bonds is 6. The highest BCUT2D eigenvalue weighted by molar-refractivity contribution is 7.07. The lowest BCUT2D eigenvalue weighted by molar-refractivity contribution is -0.136. The number of anilines is 1. The topological polar surface area (TPSA) is 70.7 Å². The molecule has 7 heteroatoms. The van der Waals surface area contributed by atoms with Crippen molar-refractivity contribution >= 4 is 28.8 Å². The van der Waals surface area contributed by atoms with Crippen LogP contribution in [0.3, 0.4) is 0 Å². The van der Waals surface area contributed by atoms with Gasteiger partial charge in [0, 0.05) is 6.54 Å². The zero-order valence-corrected chi connectivity index (χ0v) is 15.6. The maximum atomic E-state index is 12.2. The van der Waals surface area contributed by atoms with Crippen molar-refractivity contribution in [3.8, 4) is 5.75 Å². The number of nitrogens with one attached hydrogen (secondary N) is 2. The van der Waals surface area contributed by atoms with E-state index in [1.165, 1.54) is 7.11 Å². The van der Waals surface area contributed by atoms with E-state index >= 15 is 0 Å². The lowest BCUT2D eigenvalue weighted by atomic mass is 10.1. The Morgan fingerprint density at radius 1 is 1.24 bits per heavy atom. The molecule has 0 unspecified atom stereocenters. The van der Waals surface area contributed by atoms with E-state index in [2.05, 4.69) is 10.6 Å². The minimum atomic E-state index is -0.716. The normalized spacial score (nSPS) is 11.9. The number of hydrogen-bond acceptors (Lipinski definition) is 5. The Bertz CT molecular complexity index is 729. The van der Waals surface area contributed by atoms with Crippen molar-refractivity contribution in [2.24, 2.45) is 0 Å². The fraction of sp³-hybridized carbons (Fsp3) is 0.333. The first-order valence-electron chi connectivity index (χ1n) is 7.84. The third-order valence-electron chi connectivity index (χ3n) is 3.82. The number of methoxy groups -OCH3 is 1. The van der Waals surface area contributed by atoms with Crippen LogP contribution in [0.2, 0.25) is 0 Å². The third kappa shape index (κ3) is 5.04. The van der Waals surface area contributed by atoms with E-state index in [1.54, 1.807) is 23.5 Å². The van der Waals surface area contributed by atoms with Crippen LogP contribution >= 0.6 is 11.3 Å². The highest BCUT2D eigenvalue weighted by Crippen LogP contribution is 2.25. The number of likely N-dealkylation sites (N-methyl/N-ethyl adjacent to an activating group) is 1. The quantitative estimate of drug-likeness (QED) is 0.775. The first-order valence-corrected chi connectivity index (χ1v) is 8.79. The van der Waals surface area contributed by atoms with Gasteiger partial charge in [-0.3, -0.25) is 9.59 Å². The van der Waals surface area contributed by atoms with E-state index in [-0.39, 0.29) is 6.04 Å². The summed E-state index contributed by atoms with van der Waals surface area (Å²) in [4.78, 5) is 26.3. The van der Waals surface area contributed by atoms with Crippen LogP contribution in [0.4, 0.5) is 5.69 Å². The maximum Gasteiger partial charge on any atom is 0.313 e. The molecule has 1 aromatic heterocycles. The molecule has 6 nitrogen and oxygen atoms in total. The first-order chi connectivity index (χ1) is 11.9. The molecule has 0 aliphatic rings. The van der Waals surface area contributed by atoms with Crippen LogP contribution < -0.4 is 15.4 Å². The van der Waals surface area contributed by atoms with Gasteiger partial charge in [0.15, 0.2) is 0 Å². The molecule has 1 aromatic carbocycles. The summed E-state index contributed by atoms with van der Waals surface area (Å²) in [6.45, 7) is 2.25. The van der Waals surface area contributed by atoms with Crippen LogP contribution in [0.1, 0.15) is 17.2 Å².